The maximum atomic E-state index is 12.3. The summed E-state index contributed by atoms with van der Waals surface area (Å²) in [4.78, 5) is 16.0. The molecule has 4 nitrogen and oxygen atoms in total. The predicted octanol–water partition coefficient (Wildman–Crippen LogP) is 1.63. The molecule has 94 valence electrons. The fourth-order valence-corrected chi connectivity index (χ4v) is 2.98. The normalized spacial score (nSPS) is 17.2. The largest absolute Gasteiger partial charge is 0.495 e. The van der Waals surface area contributed by atoms with Crippen LogP contribution in [0.5, 0.6) is 5.75 Å². The van der Waals surface area contributed by atoms with Crippen molar-refractivity contribution in [2.24, 2.45) is 5.73 Å². The van der Waals surface area contributed by atoms with Gasteiger partial charge in [0.25, 0.3) is 5.91 Å². The van der Waals surface area contributed by atoms with Crippen molar-refractivity contribution in [3.8, 4) is 5.75 Å². The third kappa shape index (κ3) is 2.61. The maximum absolute atomic E-state index is 12.3. The number of amides is 1. The Morgan fingerprint density at radius 3 is 2.76 bits per heavy atom. The smallest absolute Gasteiger partial charge is 0.267 e. The van der Waals surface area contributed by atoms with Crippen molar-refractivity contribution in [1.29, 1.82) is 0 Å². The summed E-state index contributed by atoms with van der Waals surface area (Å²) in [5.74, 6) is 0.763. The third-order valence-corrected chi connectivity index (χ3v) is 4.08. The summed E-state index contributed by atoms with van der Waals surface area (Å²) in [6, 6.07) is 2.15. The number of methoxy groups -OCH3 is 1. The average molecular weight is 254 g/mol. The minimum atomic E-state index is 0.0758. The molecule has 1 aliphatic rings. The number of hydrogen-bond donors (Lipinski definition) is 1. The molecule has 0 unspecified atom stereocenters. The van der Waals surface area contributed by atoms with Crippen LogP contribution in [0.4, 0.5) is 0 Å². The Kier molecular flexibility index (Phi) is 3.69. The molecule has 1 aromatic heterocycles. The molecule has 1 fully saturated rings. The number of thiophene rings is 1. The van der Waals surface area contributed by atoms with Crippen molar-refractivity contribution in [2.75, 3.05) is 20.2 Å². The molecule has 0 aromatic carbocycles. The Morgan fingerprint density at radius 2 is 2.18 bits per heavy atom. The number of aryl methyl sites for hydroxylation is 1. The minimum absolute atomic E-state index is 0.0758. The van der Waals surface area contributed by atoms with Gasteiger partial charge in [0.15, 0.2) is 0 Å². The minimum Gasteiger partial charge on any atom is -0.495 e. The lowest BCUT2D eigenvalue weighted by Crippen LogP contribution is -2.42. The van der Waals surface area contributed by atoms with Crippen LogP contribution in [-0.2, 0) is 0 Å². The van der Waals surface area contributed by atoms with E-state index in [4.69, 9.17) is 10.5 Å². The van der Waals surface area contributed by atoms with E-state index >= 15 is 0 Å². The Hall–Kier alpha value is -1.07. The van der Waals surface area contributed by atoms with Crippen molar-refractivity contribution in [3.63, 3.8) is 0 Å². The van der Waals surface area contributed by atoms with Gasteiger partial charge in [-0.25, -0.2) is 0 Å². The number of rotatable bonds is 2. The molecule has 1 aliphatic heterocycles. The zero-order valence-corrected chi connectivity index (χ0v) is 11.0. The van der Waals surface area contributed by atoms with Crippen molar-refractivity contribution in [1.82, 2.24) is 4.90 Å². The summed E-state index contributed by atoms with van der Waals surface area (Å²) in [7, 11) is 1.60. The van der Waals surface area contributed by atoms with Gasteiger partial charge in [-0.3, -0.25) is 4.79 Å². The van der Waals surface area contributed by atoms with Gasteiger partial charge in [0, 0.05) is 24.0 Å². The fraction of sp³-hybridized carbons (Fsp3) is 0.583. The van der Waals surface area contributed by atoms with Gasteiger partial charge >= 0.3 is 0 Å². The Morgan fingerprint density at radius 1 is 1.53 bits per heavy atom. The molecule has 0 bridgehead atoms. The topological polar surface area (TPSA) is 55.6 Å². The van der Waals surface area contributed by atoms with E-state index < -0.39 is 0 Å². The van der Waals surface area contributed by atoms with Crippen LogP contribution < -0.4 is 10.5 Å². The van der Waals surface area contributed by atoms with Crippen LogP contribution in [0.15, 0.2) is 6.07 Å². The van der Waals surface area contributed by atoms with Gasteiger partial charge in [0.2, 0.25) is 0 Å². The first-order valence-corrected chi connectivity index (χ1v) is 6.62. The van der Waals surface area contributed by atoms with Crippen molar-refractivity contribution >= 4 is 17.2 Å². The molecule has 2 heterocycles. The summed E-state index contributed by atoms with van der Waals surface area (Å²) in [5, 5.41) is 0. The molecule has 2 rings (SSSR count). The zero-order chi connectivity index (χ0) is 12.4. The Labute approximate surface area is 105 Å². The molecular formula is C12H18N2O2S. The quantitative estimate of drug-likeness (QED) is 0.872. The molecule has 0 spiro atoms. The van der Waals surface area contributed by atoms with Gasteiger partial charge in [0.1, 0.15) is 10.6 Å². The second-order valence-corrected chi connectivity index (χ2v) is 5.64. The first kappa shape index (κ1) is 12.4. The monoisotopic (exact) mass is 254 g/mol. The second-order valence-electron chi connectivity index (χ2n) is 4.38. The zero-order valence-electron chi connectivity index (χ0n) is 10.2. The molecule has 17 heavy (non-hydrogen) atoms. The number of nitrogens with zero attached hydrogens (tertiary/aromatic N) is 1. The van der Waals surface area contributed by atoms with Gasteiger partial charge in [-0.05, 0) is 25.8 Å². The molecule has 0 aliphatic carbocycles. The first-order valence-electron chi connectivity index (χ1n) is 5.81. The average Bonchev–Trinajstić information content (AvgIpc) is 2.70. The molecule has 0 radical (unpaired) electrons. The number of ether oxygens (including phenoxy) is 1. The van der Waals surface area contributed by atoms with Gasteiger partial charge in [0.05, 0.1) is 7.11 Å². The van der Waals surface area contributed by atoms with E-state index in [1.807, 2.05) is 17.9 Å². The van der Waals surface area contributed by atoms with Crippen LogP contribution in [0.2, 0.25) is 0 Å². The predicted molar refractivity (Wildman–Crippen MR) is 68.7 cm³/mol. The van der Waals surface area contributed by atoms with Crippen LogP contribution in [-0.4, -0.2) is 37.0 Å². The number of carbonyl (C=O) groups is 1. The third-order valence-electron chi connectivity index (χ3n) is 3.06. The van der Waals surface area contributed by atoms with E-state index in [1.165, 1.54) is 11.3 Å². The van der Waals surface area contributed by atoms with Crippen LogP contribution in [0.1, 0.15) is 27.4 Å². The lowest BCUT2D eigenvalue weighted by molar-refractivity contribution is 0.0716. The van der Waals surface area contributed by atoms with E-state index in [1.54, 1.807) is 7.11 Å². The number of piperidine rings is 1. The summed E-state index contributed by atoms with van der Waals surface area (Å²) in [6.07, 6.45) is 1.77. The van der Waals surface area contributed by atoms with E-state index in [-0.39, 0.29) is 11.9 Å². The van der Waals surface area contributed by atoms with E-state index in [9.17, 15) is 4.79 Å². The molecule has 0 atom stereocenters. The van der Waals surface area contributed by atoms with Gasteiger partial charge in [-0.15, -0.1) is 11.3 Å². The molecule has 2 N–H and O–H groups in total. The number of likely N-dealkylation sites (tertiary alicyclic amines) is 1. The number of hydrogen-bond acceptors (Lipinski definition) is 4. The second kappa shape index (κ2) is 5.06. The van der Waals surface area contributed by atoms with Crippen LogP contribution in [0.25, 0.3) is 0 Å². The van der Waals surface area contributed by atoms with Crippen molar-refractivity contribution in [2.45, 2.75) is 25.8 Å². The fourth-order valence-electron chi connectivity index (χ4n) is 2.04. The molecule has 1 saturated heterocycles. The van der Waals surface area contributed by atoms with Crippen molar-refractivity contribution in [3.05, 3.63) is 15.8 Å². The van der Waals surface area contributed by atoms with E-state index in [0.29, 0.717) is 10.6 Å². The van der Waals surface area contributed by atoms with E-state index in [2.05, 4.69) is 0 Å². The highest BCUT2D eigenvalue weighted by molar-refractivity contribution is 7.14. The maximum Gasteiger partial charge on any atom is 0.267 e. The molecule has 1 amide bonds. The molecule has 5 heteroatoms. The van der Waals surface area contributed by atoms with Gasteiger partial charge in [-0.2, -0.15) is 0 Å². The number of nitrogens with two attached hydrogens (primary N) is 1. The van der Waals surface area contributed by atoms with Crippen LogP contribution >= 0.6 is 11.3 Å². The lowest BCUT2D eigenvalue weighted by Gasteiger charge is -2.29. The summed E-state index contributed by atoms with van der Waals surface area (Å²) in [5.41, 5.74) is 5.84. The summed E-state index contributed by atoms with van der Waals surface area (Å²) in [6.45, 7) is 3.48. The molecule has 1 aromatic rings. The van der Waals surface area contributed by atoms with Gasteiger partial charge < -0.3 is 15.4 Å². The molecule has 0 saturated carbocycles. The first-order chi connectivity index (χ1) is 8.11. The van der Waals surface area contributed by atoms with Crippen molar-refractivity contribution < 1.29 is 9.53 Å². The van der Waals surface area contributed by atoms with E-state index in [0.717, 1.165) is 30.8 Å². The standard InChI is InChI=1S/C12H18N2O2S/c1-8-7-10(16-2)11(17-8)12(15)14-5-3-9(13)4-6-14/h7,9H,3-6,13H2,1-2H3. The number of carbonyl (C=O) groups excluding carboxylic acids is 1. The highest BCUT2D eigenvalue weighted by atomic mass is 32.1. The summed E-state index contributed by atoms with van der Waals surface area (Å²) < 4.78 is 5.24. The highest BCUT2D eigenvalue weighted by Crippen LogP contribution is 2.30. The molecular weight excluding hydrogens is 236 g/mol. The Balaban J connectivity index is 2.13. The SMILES string of the molecule is COc1cc(C)sc1C(=O)N1CCC(N)CC1. The highest BCUT2D eigenvalue weighted by Gasteiger charge is 2.25. The van der Waals surface area contributed by atoms with Crippen LogP contribution in [0.3, 0.4) is 0 Å². The van der Waals surface area contributed by atoms with Gasteiger partial charge in [-0.1, -0.05) is 0 Å². The Bertz CT molecular complexity index is 409. The lowest BCUT2D eigenvalue weighted by atomic mass is 10.1. The summed E-state index contributed by atoms with van der Waals surface area (Å²) >= 11 is 1.49. The van der Waals surface area contributed by atoms with Crippen LogP contribution in [0, 0.1) is 6.92 Å².